The van der Waals surface area contributed by atoms with Gasteiger partial charge in [0.15, 0.2) is 0 Å². The summed E-state index contributed by atoms with van der Waals surface area (Å²) < 4.78 is 0. The second-order valence-corrected chi connectivity index (χ2v) is 6.01. The SMILES string of the molecule is O=CCN1CCC2(CC1)CC(NC1CC1)C2. The van der Waals surface area contributed by atoms with Gasteiger partial charge in [-0.05, 0) is 57.0 Å². The van der Waals surface area contributed by atoms with Gasteiger partial charge in [-0.1, -0.05) is 0 Å². The van der Waals surface area contributed by atoms with E-state index >= 15 is 0 Å². The first-order valence-electron chi connectivity index (χ1n) is 6.72. The van der Waals surface area contributed by atoms with Gasteiger partial charge in [-0.3, -0.25) is 4.90 Å². The second kappa shape index (κ2) is 4.11. The highest BCUT2D eigenvalue weighted by atomic mass is 16.1. The van der Waals surface area contributed by atoms with Crippen LogP contribution >= 0.6 is 0 Å². The van der Waals surface area contributed by atoms with Gasteiger partial charge in [0.1, 0.15) is 6.29 Å². The van der Waals surface area contributed by atoms with Gasteiger partial charge in [0.2, 0.25) is 0 Å². The van der Waals surface area contributed by atoms with Crippen molar-refractivity contribution in [3.63, 3.8) is 0 Å². The van der Waals surface area contributed by atoms with Crippen molar-refractivity contribution in [2.75, 3.05) is 19.6 Å². The third-order valence-corrected chi connectivity index (χ3v) is 4.66. The van der Waals surface area contributed by atoms with Crippen LogP contribution in [0.25, 0.3) is 0 Å². The van der Waals surface area contributed by atoms with Crippen LogP contribution in [0.5, 0.6) is 0 Å². The highest BCUT2D eigenvalue weighted by molar-refractivity contribution is 5.51. The molecule has 1 spiro atoms. The topological polar surface area (TPSA) is 32.3 Å². The highest BCUT2D eigenvalue weighted by Gasteiger charge is 2.46. The van der Waals surface area contributed by atoms with Crippen molar-refractivity contribution in [2.45, 2.75) is 50.6 Å². The molecule has 1 heterocycles. The van der Waals surface area contributed by atoms with Crippen molar-refractivity contribution >= 4 is 6.29 Å². The molecular formula is C13H22N2O. The zero-order valence-electron chi connectivity index (χ0n) is 9.95. The Labute approximate surface area is 97.6 Å². The molecule has 0 aromatic rings. The number of hydrogen-bond donors (Lipinski definition) is 1. The molecule has 0 radical (unpaired) electrons. The Morgan fingerprint density at radius 2 is 1.88 bits per heavy atom. The molecule has 3 rings (SSSR count). The molecular weight excluding hydrogens is 200 g/mol. The van der Waals surface area contributed by atoms with Crippen LogP contribution in [0.2, 0.25) is 0 Å². The van der Waals surface area contributed by atoms with Crippen LogP contribution in [0.1, 0.15) is 38.5 Å². The van der Waals surface area contributed by atoms with Gasteiger partial charge < -0.3 is 10.1 Å². The van der Waals surface area contributed by atoms with Crippen LogP contribution in [0.15, 0.2) is 0 Å². The van der Waals surface area contributed by atoms with E-state index in [1.54, 1.807) is 0 Å². The maximum absolute atomic E-state index is 10.4. The quantitative estimate of drug-likeness (QED) is 0.725. The summed E-state index contributed by atoms with van der Waals surface area (Å²) in [6, 6.07) is 1.67. The molecule has 3 heteroatoms. The van der Waals surface area contributed by atoms with E-state index in [-0.39, 0.29) is 0 Å². The molecule has 0 aromatic heterocycles. The molecule has 3 aliphatic rings. The number of piperidine rings is 1. The van der Waals surface area contributed by atoms with Crippen LogP contribution in [-0.2, 0) is 4.79 Å². The number of hydrogen-bond acceptors (Lipinski definition) is 3. The monoisotopic (exact) mass is 222 g/mol. The highest BCUT2D eigenvalue weighted by Crippen LogP contribution is 2.49. The van der Waals surface area contributed by atoms with E-state index in [1.165, 1.54) is 38.5 Å². The van der Waals surface area contributed by atoms with Gasteiger partial charge in [-0.2, -0.15) is 0 Å². The summed E-state index contributed by atoms with van der Waals surface area (Å²) in [7, 11) is 0. The Morgan fingerprint density at radius 1 is 1.19 bits per heavy atom. The maximum atomic E-state index is 10.4. The Hall–Kier alpha value is -0.410. The molecule has 0 aromatic carbocycles. The van der Waals surface area contributed by atoms with Gasteiger partial charge in [-0.15, -0.1) is 0 Å². The summed E-state index contributed by atoms with van der Waals surface area (Å²) in [5, 5.41) is 3.73. The average molecular weight is 222 g/mol. The number of nitrogens with one attached hydrogen (secondary N) is 1. The van der Waals surface area contributed by atoms with Crippen molar-refractivity contribution in [1.82, 2.24) is 10.2 Å². The Kier molecular flexibility index (Phi) is 2.76. The van der Waals surface area contributed by atoms with E-state index in [1.807, 2.05) is 0 Å². The predicted molar refractivity (Wildman–Crippen MR) is 63.4 cm³/mol. The minimum atomic E-state index is 0.639. The zero-order chi connectivity index (χ0) is 11.0. The van der Waals surface area contributed by atoms with Crippen LogP contribution in [0, 0.1) is 5.41 Å². The van der Waals surface area contributed by atoms with Gasteiger partial charge in [0, 0.05) is 12.1 Å². The molecule has 2 saturated carbocycles. The lowest BCUT2D eigenvalue weighted by Crippen LogP contribution is -2.54. The lowest BCUT2D eigenvalue weighted by atomic mass is 9.60. The van der Waals surface area contributed by atoms with Crippen LogP contribution < -0.4 is 5.32 Å². The predicted octanol–water partition coefficient (Wildman–Crippen LogP) is 1.18. The van der Waals surface area contributed by atoms with Crippen LogP contribution in [0.4, 0.5) is 0 Å². The fourth-order valence-electron chi connectivity index (χ4n) is 3.41. The largest absolute Gasteiger partial charge is 0.311 e. The molecule has 2 aliphatic carbocycles. The second-order valence-electron chi connectivity index (χ2n) is 6.01. The molecule has 1 aliphatic heterocycles. The first kappa shape index (κ1) is 10.7. The summed E-state index contributed by atoms with van der Waals surface area (Å²) in [6.07, 6.45) is 9.23. The lowest BCUT2D eigenvalue weighted by molar-refractivity contribution is -0.109. The summed E-state index contributed by atoms with van der Waals surface area (Å²) in [5.41, 5.74) is 0.645. The summed E-state index contributed by atoms with van der Waals surface area (Å²) in [6.45, 7) is 2.91. The first-order valence-corrected chi connectivity index (χ1v) is 6.72. The van der Waals surface area contributed by atoms with Crippen LogP contribution in [0.3, 0.4) is 0 Å². The maximum Gasteiger partial charge on any atom is 0.133 e. The van der Waals surface area contributed by atoms with E-state index < -0.39 is 0 Å². The average Bonchev–Trinajstić information content (AvgIpc) is 3.03. The van der Waals surface area contributed by atoms with Gasteiger partial charge >= 0.3 is 0 Å². The van der Waals surface area contributed by atoms with Gasteiger partial charge in [-0.25, -0.2) is 0 Å². The normalized spacial score (nSPS) is 30.2. The zero-order valence-corrected chi connectivity index (χ0v) is 9.95. The number of likely N-dealkylation sites (tertiary alicyclic amines) is 1. The Balaban J connectivity index is 1.42. The molecule has 3 nitrogen and oxygen atoms in total. The standard InChI is InChI=1S/C13H22N2O/c16-8-7-15-5-3-13(4-6-15)9-12(10-13)14-11-1-2-11/h8,11-12,14H,1-7,9-10H2. The van der Waals surface area contributed by atoms with Crippen molar-refractivity contribution in [2.24, 2.45) is 5.41 Å². The molecule has 1 saturated heterocycles. The Morgan fingerprint density at radius 3 is 2.44 bits per heavy atom. The number of aldehydes is 1. The summed E-state index contributed by atoms with van der Waals surface area (Å²) in [4.78, 5) is 12.7. The molecule has 1 N–H and O–H groups in total. The minimum Gasteiger partial charge on any atom is -0.311 e. The lowest BCUT2D eigenvalue weighted by Gasteiger charge is -2.52. The molecule has 0 unspecified atom stereocenters. The van der Waals surface area contributed by atoms with E-state index in [0.717, 1.165) is 31.5 Å². The van der Waals surface area contributed by atoms with Crippen molar-refractivity contribution in [3.8, 4) is 0 Å². The first-order chi connectivity index (χ1) is 7.80. The van der Waals surface area contributed by atoms with Crippen molar-refractivity contribution in [1.29, 1.82) is 0 Å². The third-order valence-electron chi connectivity index (χ3n) is 4.66. The summed E-state index contributed by atoms with van der Waals surface area (Å²) in [5.74, 6) is 0. The molecule has 0 amide bonds. The smallest absolute Gasteiger partial charge is 0.133 e. The molecule has 0 bridgehead atoms. The molecule has 90 valence electrons. The number of rotatable bonds is 4. The minimum absolute atomic E-state index is 0.639. The fraction of sp³-hybridized carbons (Fsp3) is 0.923. The molecule has 16 heavy (non-hydrogen) atoms. The van der Waals surface area contributed by atoms with Crippen molar-refractivity contribution < 1.29 is 4.79 Å². The Bertz CT molecular complexity index is 259. The van der Waals surface area contributed by atoms with E-state index in [2.05, 4.69) is 10.2 Å². The van der Waals surface area contributed by atoms with E-state index in [4.69, 9.17) is 0 Å². The molecule has 0 atom stereocenters. The summed E-state index contributed by atoms with van der Waals surface area (Å²) >= 11 is 0. The van der Waals surface area contributed by atoms with E-state index in [9.17, 15) is 4.79 Å². The third kappa shape index (κ3) is 2.16. The number of carbonyl (C=O) groups excluding carboxylic acids is 1. The number of nitrogens with zero attached hydrogens (tertiary/aromatic N) is 1. The van der Waals surface area contributed by atoms with Crippen LogP contribution in [-0.4, -0.2) is 42.9 Å². The molecule has 3 fully saturated rings. The van der Waals surface area contributed by atoms with Crippen molar-refractivity contribution in [3.05, 3.63) is 0 Å². The van der Waals surface area contributed by atoms with Gasteiger partial charge in [0.05, 0.1) is 6.54 Å². The fourth-order valence-corrected chi connectivity index (χ4v) is 3.41. The van der Waals surface area contributed by atoms with Gasteiger partial charge in [0.25, 0.3) is 0 Å². The number of carbonyl (C=O) groups is 1. The van der Waals surface area contributed by atoms with E-state index in [0.29, 0.717) is 12.0 Å².